The molecule has 0 bridgehead atoms. The molecule has 0 atom stereocenters. The fourth-order valence-corrected chi connectivity index (χ4v) is 4.13. The average Bonchev–Trinajstić information content (AvgIpc) is 3.13. The predicted octanol–water partition coefficient (Wildman–Crippen LogP) is 5.13. The van der Waals surface area contributed by atoms with E-state index in [9.17, 15) is 19.2 Å². The molecule has 0 saturated heterocycles. The average molecular weight is 473 g/mol. The standard InChI is InChI=1S/C27H25FN4O3/c1-15-7-5-8-16(2)23(15)21-14-18(11-12-22(21)28)25-30-17(3)24(32(25)35)27(34)31-20-10-6-9-19(13-20)26(33)29-4/h5-14,35H,1-4H3,(H,29,33)(H,31,34). The van der Waals surface area contributed by atoms with E-state index in [2.05, 4.69) is 15.6 Å². The Bertz CT molecular complexity index is 1440. The highest BCUT2D eigenvalue weighted by atomic mass is 19.1. The lowest BCUT2D eigenvalue weighted by molar-refractivity contribution is 0.0956. The smallest absolute Gasteiger partial charge is 0.277 e. The highest BCUT2D eigenvalue weighted by Crippen LogP contribution is 2.33. The zero-order valence-electron chi connectivity index (χ0n) is 19.8. The number of nitrogens with one attached hydrogen (secondary N) is 2. The molecule has 0 aliphatic rings. The number of nitrogens with zero attached hydrogens (tertiary/aromatic N) is 2. The summed E-state index contributed by atoms with van der Waals surface area (Å²) in [5.74, 6) is -1.18. The molecule has 0 aliphatic carbocycles. The highest BCUT2D eigenvalue weighted by Gasteiger charge is 2.23. The molecule has 0 spiro atoms. The van der Waals surface area contributed by atoms with E-state index in [1.807, 2.05) is 32.0 Å². The Morgan fingerprint density at radius 1 is 0.943 bits per heavy atom. The Labute approximate surface area is 202 Å². The number of anilines is 1. The second-order valence-corrected chi connectivity index (χ2v) is 8.26. The van der Waals surface area contributed by atoms with Crippen LogP contribution in [-0.4, -0.2) is 33.8 Å². The molecular weight excluding hydrogens is 447 g/mol. The van der Waals surface area contributed by atoms with E-state index < -0.39 is 11.7 Å². The molecule has 0 fully saturated rings. The number of carbonyl (C=O) groups excluding carboxylic acids is 2. The molecule has 4 aromatic rings. The molecule has 178 valence electrons. The number of imidazole rings is 1. The van der Waals surface area contributed by atoms with Crippen LogP contribution >= 0.6 is 0 Å². The van der Waals surface area contributed by atoms with Crippen LogP contribution < -0.4 is 10.6 Å². The molecule has 1 heterocycles. The van der Waals surface area contributed by atoms with E-state index in [0.717, 1.165) is 16.7 Å². The third-order valence-corrected chi connectivity index (χ3v) is 5.83. The summed E-state index contributed by atoms with van der Waals surface area (Å²) in [7, 11) is 1.52. The second kappa shape index (κ2) is 9.42. The third-order valence-electron chi connectivity index (χ3n) is 5.83. The first-order valence-corrected chi connectivity index (χ1v) is 11.0. The minimum atomic E-state index is -0.602. The molecule has 7 nitrogen and oxygen atoms in total. The SMILES string of the molecule is CNC(=O)c1cccc(NC(=O)c2c(C)nc(-c3ccc(F)c(-c4c(C)cccc4C)c3)n2O)c1. The van der Waals surface area contributed by atoms with Gasteiger partial charge in [-0.25, -0.2) is 9.37 Å². The van der Waals surface area contributed by atoms with Crippen molar-refractivity contribution >= 4 is 17.5 Å². The van der Waals surface area contributed by atoms with Crippen molar-refractivity contribution in [2.24, 2.45) is 0 Å². The fraction of sp³-hybridized carbons (Fsp3) is 0.148. The van der Waals surface area contributed by atoms with E-state index in [0.29, 0.717) is 32.8 Å². The number of benzene rings is 3. The van der Waals surface area contributed by atoms with Gasteiger partial charge in [0.2, 0.25) is 0 Å². The second-order valence-electron chi connectivity index (χ2n) is 8.26. The van der Waals surface area contributed by atoms with Crippen LogP contribution in [-0.2, 0) is 0 Å². The normalized spacial score (nSPS) is 10.8. The van der Waals surface area contributed by atoms with Crippen LogP contribution in [0.5, 0.6) is 0 Å². The lowest BCUT2D eigenvalue weighted by Crippen LogP contribution is -2.20. The fourth-order valence-electron chi connectivity index (χ4n) is 4.13. The number of halogens is 1. The van der Waals surface area contributed by atoms with Crippen LogP contribution in [0.25, 0.3) is 22.5 Å². The first-order valence-electron chi connectivity index (χ1n) is 11.0. The van der Waals surface area contributed by atoms with E-state index in [1.54, 1.807) is 31.2 Å². The van der Waals surface area contributed by atoms with Gasteiger partial charge in [-0.1, -0.05) is 24.3 Å². The third kappa shape index (κ3) is 4.50. The minimum absolute atomic E-state index is 0.0664. The van der Waals surface area contributed by atoms with Gasteiger partial charge in [0.05, 0.1) is 5.69 Å². The van der Waals surface area contributed by atoms with Gasteiger partial charge >= 0.3 is 0 Å². The van der Waals surface area contributed by atoms with Crippen molar-refractivity contribution in [3.8, 4) is 22.5 Å². The number of hydrogen-bond donors (Lipinski definition) is 3. The molecule has 3 N–H and O–H groups in total. The van der Waals surface area contributed by atoms with Crippen LogP contribution in [0.2, 0.25) is 0 Å². The van der Waals surface area contributed by atoms with Gasteiger partial charge < -0.3 is 15.8 Å². The number of amides is 2. The van der Waals surface area contributed by atoms with E-state index in [4.69, 9.17) is 0 Å². The van der Waals surface area contributed by atoms with E-state index in [1.165, 1.54) is 25.2 Å². The molecule has 0 saturated carbocycles. The van der Waals surface area contributed by atoms with Crippen LogP contribution in [0.4, 0.5) is 10.1 Å². The van der Waals surface area contributed by atoms with E-state index in [-0.39, 0.29) is 17.4 Å². The Morgan fingerprint density at radius 2 is 1.63 bits per heavy atom. The molecule has 8 heteroatoms. The monoisotopic (exact) mass is 472 g/mol. The molecule has 35 heavy (non-hydrogen) atoms. The minimum Gasteiger partial charge on any atom is -0.426 e. The van der Waals surface area contributed by atoms with Gasteiger partial charge in [0.15, 0.2) is 11.5 Å². The van der Waals surface area contributed by atoms with Crippen molar-refractivity contribution in [2.45, 2.75) is 20.8 Å². The van der Waals surface area contributed by atoms with Crippen molar-refractivity contribution in [2.75, 3.05) is 12.4 Å². The molecule has 0 unspecified atom stereocenters. The van der Waals surface area contributed by atoms with Gasteiger partial charge in [-0.2, -0.15) is 4.73 Å². The molecular formula is C27H25FN4O3. The summed E-state index contributed by atoms with van der Waals surface area (Å²) in [6.07, 6.45) is 0. The summed E-state index contributed by atoms with van der Waals surface area (Å²) in [5.41, 5.74) is 4.44. The van der Waals surface area contributed by atoms with Crippen LogP contribution in [0, 0.1) is 26.6 Å². The van der Waals surface area contributed by atoms with Crippen molar-refractivity contribution < 1.29 is 19.2 Å². The maximum Gasteiger partial charge on any atom is 0.277 e. The summed E-state index contributed by atoms with van der Waals surface area (Å²) in [6.45, 7) is 5.42. The highest BCUT2D eigenvalue weighted by molar-refractivity contribution is 6.05. The molecule has 3 aromatic carbocycles. The summed E-state index contributed by atoms with van der Waals surface area (Å²) in [4.78, 5) is 29.2. The topological polar surface area (TPSA) is 96.3 Å². The Balaban J connectivity index is 1.71. The predicted molar refractivity (Wildman–Crippen MR) is 132 cm³/mol. The van der Waals surface area contributed by atoms with Crippen molar-refractivity contribution in [1.82, 2.24) is 15.0 Å². The number of carbonyl (C=O) groups is 2. The van der Waals surface area contributed by atoms with Crippen molar-refractivity contribution in [3.05, 3.63) is 94.6 Å². The summed E-state index contributed by atoms with van der Waals surface area (Å²) < 4.78 is 15.5. The Morgan fingerprint density at radius 3 is 2.31 bits per heavy atom. The Hall–Kier alpha value is -4.46. The lowest BCUT2D eigenvalue weighted by Gasteiger charge is -2.12. The Kier molecular flexibility index (Phi) is 6.38. The maximum atomic E-state index is 14.8. The lowest BCUT2D eigenvalue weighted by atomic mass is 9.94. The van der Waals surface area contributed by atoms with E-state index >= 15 is 0 Å². The quantitative estimate of drug-likeness (QED) is 0.351. The van der Waals surface area contributed by atoms with Crippen LogP contribution in [0.1, 0.15) is 37.7 Å². The zero-order valence-corrected chi connectivity index (χ0v) is 19.8. The van der Waals surface area contributed by atoms with Gasteiger partial charge in [-0.3, -0.25) is 9.59 Å². The number of aryl methyl sites for hydroxylation is 3. The number of aromatic nitrogens is 2. The molecule has 0 aliphatic heterocycles. The maximum absolute atomic E-state index is 14.8. The first kappa shape index (κ1) is 23.7. The summed E-state index contributed by atoms with van der Waals surface area (Å²) in [6, 6.07) is 16.6. The number of hydrogen-bond acceptors (Lipinski definition) is 4. The summed E-state index contributed by atoms with van der Waals surface area (Å²) in [5, 5.41) is 16.1. The number of rotatable bonds is 5. The van der Waals surface area contributed by atoms with Crippen molar-refractivity contribution in [3.63, 3.8) is 0 Å². The zero-order chi connectivity index (χ0) is 25.3. The van der Waals surface area contributed by atoms with Crippen LogP contribution in [0.3, 0.4) is 0 Å². The first-order chi connectivity index (χ1) is 16.7. The van der Waals surface area contributed by atoms with Gasteiger partial charge in [-0.05, 0) is 73.9 Å². The van der Waals surface area contributed by atoms with Gasteiger partial charge in [-0.15, -0.1) is 0 Å². The van der Waals surface area contributed by atoms with Gasteiger partial charge in [0.25, 0.3) is 11.8 Å². The molecule has 1 aromatic heterocycles. The summed E-state index contributed by atoms with van der Waals surface area (Å²) >= 11 is 0. The molecule has 2 amide bonds. The largest absolute Gasteiger partial charge is 0.426 e. The van der Waals surface area contributed by atoms with Gasteiger partial charge in [0, 0.05) is 29.4 Å². The van der Waals surface area contributed by atoms with Crippen LogP contribution in [0.15, 0.2) is 60.7 Å². The molecule has 0 radical (unpaired) electrons. The van der Waals surface area contributed by atoms with Crippen molar-refractivity contribution in [1.29, 1.82) is 0 Å². The van der Waals surface area contributed by atoms with Gasteiger partial charge in [0.1, 0.15) is 5.82 Å². The molecule has 4 rings (SSSR count).